The van der Waals surface area contributed by atoms with Crippen molar-refractivity contribution in [3.05, 3.63) is 34.3 Å². The average molecular weight is 277 g/mol. The van der Waals surface area contributed by atoms with Crippen LogP contribution in [0.25, 0.3) is 0 Å². The molecule has 2 N–H and O–H groups in total. The van der Waals surface area contributed by atoms with Gasteiger partial charge in [0.2, 0.25) is 0 Å². The van der Waals surface area contributed by atoms with Crippen LogP contribution in [0.5, 0.6) is 0 Å². The fourth-order valence-corrected chi connectivity index (χ4v) is 2.43. The molecule has 4 heteroatoms. The third-order valence-corrected chi connectivity index (χ3v) is 3.56. The van der Waals surface area contributed by atoms with Gasteiger partial charge < -0.3 is 10.6 Å². The summed E-state index contributed by atoms with van der Waals surface area (Å²) in [5.41, 5.74) is 6.65. The van der Waals surface area contributed by atoms with E-state index in [1.807, 2.05) is 4.90 Å². The van der Waals surface area contributed by atoms with Gasteiger partial charge in [0, 0.05) is 24.2 Å². The van der Waals surface area contributed by atoms with E-state index in [-0.39, 0.29) is 5.91 Å². The van der Waals surface area contributed by atoms with Crippen molar-refractivity contribution in [2.24, 2.45) is 11.7 Å². The monoisotopic (exact) mass is 276 g/mol. The predicted octanol–water partition coefficient (Wildman–Crippen LogP) is 2.13. The van der Waals surface area contributed by atoms with Gasteiger partial charge in [-0.1, -0.05) is 30.4 Å². The van der Waals surface area contributed by atoms with E-state index >= 15 is 0 Å². The van der Waals surface area contributed by atoms with E-state index in [1.54, 1.807) is 18.2 Å². The third kappa shape index (κ3) is 3.28. The molecular weight excluding hydrogens is 260 g/mol. The molecule has 1 aromatic rings. The smallest absolute Gasteiger partial charge is 0.253 e. The zero-order valence-corrected chi connectivity index (χ0v) is 11.7. The van der Waals surface area contributed by atoms with Gasteiger partial charge in [0.05, 0.1) is 11.6 Å². The number of nitrogens with two attached hydrogens (primary N) is 1. The zero-order chi connectivity index (χ0) is 13.8. The first-order valence-electron chi connectivity index (χ1n) is 6.39. The number of hydrogen-bond donors (Lipinski definition) is 1. The van der Waals surface area contributed by atoms with Gasteiger partial charge >= 0.3 is 0 Å². The average Bonchev–Trinajstić information content (AvgIpc) is 2.83. The second-order valence-corrected chi connectivity index (χ2v) is 5.25. The van der Waals surface area contributed by atoms with E-state index in [4.69, 9.17) is 17.3 Å². The number of nitrogens with zero attached hydrogens (tertiary/aromatic N) is 1. The predicted molar refractivity (Wildman–Crippen MR) is 77.1 cm³/mol. The van der Waals surface area contributed by atoms with Crippen LogP contribution in [0.1, 0.15) is 29.3 Å². The molecule has 19 heavy (non-hydrogen) atoms. The molecule has 1 fully saturated rings. The van der Waals surface area contributed by atoms with Gasteiger partial charge in [-0.15, -0.1) is 0 Å². The lowest BCUT2D eigenvalue weighted by Crippen LogP contribution is -2.28. The second kappa shape index (κ2) is 6.10. The molecule has 1 atom stereocenters. The van der Waals surface area contributed by atoms with Crippen molar-refractivity contribution >= 4 is 17.5 Å². The number of carbonyl (C=O) groups excluding carboxylic acids is 1. The van der Waals surface area contributed by atoms with Crippen LogP contribution in [0.15, 0.2) is 18.2 Å². The Morgan fingerprint density at radius 1 is 1.58 bits per heavy atom. The number of rotatable bonds is 1. The minimum atomic E-state index is 0.0459. The maximum absolute atomic E-state index is 12.3. The Morgan fingerprint density at radius 3 is 2.95 bits per heavy atom. The maximum atomic E-state index is 12.3. The van der Waals surface area contributed by atoms with E-state index in [0.717, 1.165) is 19.5 Å². The molecule has 0 radical (unpaired) electrons. The molecule has 0 bridgehead atoms. The van der Waals surface area contributed by atoms with Gasteiger partial charge in [0.1, 0.15) is 0 Å². The number of halogens is 1. The lowest BCUT2D eigenvalue weighted by molar-refractivity contribution is 0.0788. The molecule has 0 aromatic heterocycles. The Morgan fingerprint density at radius 2 is 2.37 bits per heavy atom. The zero-order valence-electron chi connectivity index (χ0n) is 10.9. The van der Waals surface area contributed by atoms with Crippen molar-refractivity contribution in [2.75, 3.05) is 19.6 Å². The maximum Gasteiger partial charge on any atom is 0.253 e. The second-order valence-electron chi connectivity index (χ2n) is 4.85. The molecule has 1 heterocycles. The van der Waals surface area contributed by atoms with Crippen molar-refractivity contribution in [3.8, 4) is 11.8 Å². The van der Waals surface area contributed by atoms with Crippen molar-refractivity contribution in [3.63, 3.8) is 0 Å². The van der Waals surface area contributed by atoms with Crippen LogP contribution in [0.4, 0.5) is 0 Å². The number of likely N-dealkylation sites (tertiary alicyclic amines) is 1. The van der Waals surface area contributed by atoms with Crippen LogP contribution in [0.2, 0.25) is 5.02 Å². The summed E-state index contributed by atoms with van der Waals surface area (Å²) in [6.45, 7) is 4.10. The summed E-state index contributed by atoms with van der Waals surface area (Å²) < 4.78 is 0. The highest BCUT2D eigenvalue weighted by molar-refractivity contribution is 6.32. The summed E-state index contributed by atoms with van der Waals surface area (Å²) in [4.78, 5) is 14.2. The summed E-state index contributed by atoms with van der Waals surface area (Å²) in [5.74, 6) is 6.26. The third-order valence-electron chi connectivity index (χ3n) is 3.25. The molecule has 0 spiro atoms. The molecular formula is C15H17ClN2O. The summed E-state index contributed by atoms with van der Waals surface area (Å²) in [6.07, 6.45) is 1.07. The van der Waals surface area contributed by atoms with Gasteiger partial charge in [-0.05, 0) is 30.5 Å². The molecule has 0 aliphatic carbocycles. The number of carbonyl (C=O) groups is 1. The van der Waals surface area contributed by atoms with Crippen molar-refractivity contribution < 1.29 is 4.79 Å². The standard InChI is InChI=1S/C15H17ClN2O/c1-11-6-8-18(10-11)15(19)13-5-4-12(3-2-7-17)14(16)9-13/h4-5,9,11H,6-8,10,17H2,1H3. The lowest BCUT2D eigenvalue weighted by Gasteiger charge is -2.16. The quantitative estimate of drug-likeness (QED) is 0.799. The first-order chi connectivity index (χ1) is 9.11. The van der Waals surface area contributed by atoms with Crippen LogP contribution in [0, 0.1) is 17.8 Å². The van der Waals surface area contributed by atoms with Crippen LogP contribution < -0.4 is 5.73 Å². The fourth-order valence-electron chi connectivity index (χ4n) is 2.20. The van der Waals surface area contributed by atoms with Crippen LogP contribution >= 0.6 is 11.6 Å². The van der Waals surface area contributed by atoms with E-state index < -0.39 is 0 Å². The molecule has 0 saturated carbocycles. The van der Waals surface area contributed by atoms with Crippen LogP contribution in [-0.2, 0) is 0 Å². The fraction of sp³-hybridized carbons (Fsp3) is 0.400. The van der Waals surface area contributed by atoms with Gasteiger partial charge in [-0.2, -0.15) is 0 Å². The van der Waals surface area contributed by atoms with Crippen molar-refractivity contribution in [1.82, 2.24) is 4.90 Å². The summed E-state index contributed by atoms with van der Waals surface area (Å²) in [7, 11) is 0. The Kier molecular flexibility index (Phi) is 4.47. The van der Waals surface area contributed by atoms with E-state index in [9.17, 15) is 4.79 Å². The molecule has 1 aliphatic rings. The molecule has 1 aromatic carbocycles. The molecule has 1 saturated heterocycles. The molecule has 1 amide bonds. The number of benzene rings is 1. The molecule has 2 rings (SSSR count). The van der Waals surface area contributed by atoms with E-state index in [2.05, 4.69) is 18.8 Å². The Bertz CT molecular complexity index is 545. The largest absolute Gasteiger partial charge is 0.338 e. The summed E-state index contributed by atoms with van der Waals surface area (Å²) >= 11 is 6.13. The lowest BCUT2D eigenvalue weighted by atomic mass is 10.1. The van der Waals surface area contributed by atoms with Crippen LogP contribution in [-0.4, -0.2) is 30.4 Å². The highest BCUT2D eigenvalue weighted by Gasteiger charge is 2.24. The van der Waals surface area contributed by atoms with Gasteiger partial charge in [-0.3, -0.25) is 4.79 Å². The number of hydrogen-bond acceptors (Lipinski definition) is 2. The number of amides is 1. The molecule has 3 nitrogen and oxygen atoms in total. The Balaban J connectivity index is 2.17. The first-order valence-corrected chi connectivity index (χ1v) is 6.77. The highest BCUT2D eigenvalue weighted by Crippen LogP contribution is 2.21. The molecule has 100 valence electrons. The molecule has 1 unspecified atom stereocenters. The van der Waals surface area contributed by atoms with Crippen molar-refractivity contribution in [2.45, 2.75) is 13.3 Å². The van der Waals surface area contributed by atoms with Gasteiger partial charge in [0.15, 0.2) is 0 Å². The molecule has 1 aliphatic heterocycles. The Hall–Kier alpha value is -1.50. The summed E-state index contributed by atoms with van der Waals surface area (Å²) in [6, 6.07) is 5.24. The Labute approximate surface area is 118 Å². The van der Waals surface area contributed by atoms with Gasteiger partial charge in [-0.25, -0.2) is 0 Å². The minimum Gasteiger partial charge on any atom is -0.338 e. The van der Waals surface area contributed by atoms with Crippen molar-refractivity contribution in [1.29, 1.82) is 0 Å². The SMILES string of the molecule is CC1CCN(C(=O)c2ccc(C#CCN)c(Cl)c2)C1. The van der Waals surface area contributed by atoms with Gasteiger partial charge in [0.25, 0.3) is 5.91 Å². The minimum absolute atomic E-state index is 0.0459. The van der Waals surface area contributed by atoms with Crippen LogP contribution in [0.3, 0.4) is 0 Å². The van der Waals surface area contributed by atoms with E-state index in [1.165, 1.54) is 0 Å². The normalized spacial score (nSPS) is 18.1. The topological polar surface area (TPSA) is 46.3 Å². The summed E-state index contributed by atoms with van der Waals surface area (Å²) in [5, 5.41) is 0.499. The highest BCUT2D eigenvalue weighted by atomic mass is 35.5. The van der Waals surface area contributed by atoms with E-state index in [0.29, 0.717) is 28.6 Å². The first kappa shape index (κ1) is 13.9.